The molecule has 0 aliphatic rings. The molecule has 0 amide bonds. The van der Waals surface area contributed by atoms with Gasteiger partial charge in [0.2, 0.25) is 5.88 Å². The molecular weight excluding hydrogens is 375 g/mol. The maximum Gasteiger partial charge on any atom is 0.368 e. The van der Waals surface area contributed by atoms with Gasteiger partial charge in [0.05, 0.1) is 5.69 Å². The summed E-state index contributed by atoms with van der Waals surface area (Å²) in [7, 11) is 1.54. The van der Waals surface area contributed by atoms with Gasteiger partial charge in [-0.25, -0.2) is 14.2 Å². The molecule has 0 saturated carbocycles. The van der Waals surface area contributed by atoms with Crippen molar-refractivity contribution in [2.45, 2.75) is 13.5 Å². The van der Waals surface area contributed by atoms with Crippen LogP contribution in [-0.4, -0.2) is 29.8 Å². The Morgan fingerprint density at radius 2 is 1.86 bits per heavy atom. The lowest BCUT2D eigenvalue weighted by Crippen LogP contribution is -2.23. The lowest BCUT2D eigenvalue weighted by molar-refractivity contribution is 0.292. The first-order chi connectivity index (χ1) is 14.0. The third-order valence-corrected chi connectivity index (χ3v) is 4.43. The first-order valence-electron chi connectivity index (χ1n) is 8.82. The Morgan fingerprint density at radius 1 is 1.07 bits per heavy atom. The highest BCUT2D eigenvalue weighted by Crippen LogP contribution is 2.21. The van der Waals surface area contributed by atoms with Gasteiger partial charge in [-0.1, -0.05) is 12.1 Å². The molecule has 2 aromatic carbocycles. The van der Waals surface area contributed by atoms with Crippen molar-refractivity contribution < 1.29 is 9.13 Å². The lowest BCUT2D eigenvalue weighted by atomic mass is 10.1. The Morgan fingerprint density at radius 3 is 2.59 bits per heavy atom. The Balaban J connectivity index is 1.62. The molecule has 8 nitrogen and oxygen atoms in total. The third-order valence-electron chi connectivity index (χ3n) is 4.43. The largest absolute Gasteiger partial charge is 0.473 e. The second-order valence-corrected chi connectivity index (χ2v) is 6.38. The lowest BCUT2D eigenvalue weighted by Gasteiger charge is -2.12. The number of rotatable bonds is 5. The molecule has 0 aliphatic heterocycles. The standard InChI is InChI=1S/C20H17FN6O2/c1-13-4-3-5-17(27-20(28)26(2)24-25-27)16(13)12-29-18-10-11-22-19(23-18)14-6-8-15(21)9-7-14/h3-11H,12H2,1-2H3. The van der Waals surface area contributed by atoms with Gasteiger partial charge in [-0.15, -0.1) is 0 Å². The molecule has 0 spiro atoms. The van der Waals surface area contributed by atoms with E-state index in [1.165, 1.54) is 23.9 Å². The molecule has 0 N–H and O–H groups in total. The highest BCUT2D eigenvalue weighted by molar-refractivity contribution is 5.54. The number of hydrogen-bond donors (Lipinski definition) is 0. The summed E-state index contributed by atoms with van der Waals surface area (Å²) in [5, 5.41) is 7.67. The summed E-state index contributed by atoms with van der Waals surface area (Å²) < 4.78 is 21.4. The van der Waals surface area contributed by atoms with Crippen molar-refractivity contribution in [1.82, 2.24) is 29.8 Å². The van der Waals surface area contributed by atoms with Crippen LogP contribution in [0.1, 0.15) is 11.1 Å². The van der Waals surface area contributed by atoms with Gasteiger partial charge in [-0.3, -0.25) is 0 Å². The number of aryl methyl sites for hydroxylation is 2. The minimum atomic E-state index is -0.350. The van der Waals surface area contributed by atoms with Crippen LogP contribution in [0.25, 0.3) is 17.1 Å². The Bertz CT molecular complexity index is 1220. The molecule has 0 unspecified atom stereocenters. The number of benzene rings is 2. The molecule has 2 heterocycles. The second-order valence-electron chi connectivity index (χ2n) is 6.38. The molecule has 2 aromatic heterocycles. The van der Waals surface area contributed by atoms with Crippen molar-refractivity contribution in [3.05, 3.63) is 82.2 Å². The quantitative estimate of drug-likeness (QED) is 0.518. The van der Waals surface area contributed by atoms with Gasteiger partial charge in [0.15, 0.2) is 5.82 Å². The normalized spacial score (nSPS) is 10.9. The number of nitrogens with zero attached hydrogens (tertiary/aromatic N) is 6. The van der Waals surface area contributed by atoms with Crippen LogP contribution >= 0.6 is 0 Å². The fourth-order valence-electron chi connectivity index (χ4n) is 2.84. The van der Waals surface area contributed by atoms with Gasteiger partial charge in [0, 0.05) is 30.4 Å². The fourth-order valence-corrected chi connectivity index (χ4v) is 2.84. The molecule has 0 radical (unpaired) electrons. The van der Waals surface area contributed by atoms with E-state index in [-0.39, 0.29) is 18.1 Å². The summed E-state index contributed by atoms with van der Waals surface area (Å²) in [5.74, 6) is 0.463. The molecule has 0 bridgehead atoms. The van der Waals surface area contributed by atoms with Crippen molar-refractivity contribution in [3.8, 4) is 23.0 Å². The van der Waals surface area contributed by atoms with E-state index >= 15 is 0 Å². The van der Waals surface area contributed by atoms with Gasteiger partial charge in [-0.2, -0.15) is 14.3 Å². The van der Waals surface area contributed by atoms with Crippen molar-refractivity contribution in [1.29, 1.82) is 0 Å². The summed E-state index contributed by atoms with van der Waals surface area (Å²) in [4.78, 5) is 20.8. The van der Waals surface area contributed by atoms with Gasteiger partial charge < -0.3 is 4.74 Å². The van der Waals surface area contributed by atoms with Crippen molar-refractivity contribution in [2.75, 3.05) is 0 Å². The van der Waals surface area contributed by atoms with E-state index in [0.717, 1.165) is 15.8 Å². The molecule has 146 valence electrons. The van der Waals surface area contributed by atoms with E-state index < -0.39 is 0 Å². The summed E-state index contributed by atoms with van der Waals surface area (Å²) >= 11 is 0. The molecule has 0 saturated heterocycles. The fraction of sp³-hybridized carbons (Fsp3) is 0.150. The average Bonchev–Trinajstić information content (AvgIpc) is 3.06. The van der Waals surface area contributed by atoms with Crippen LogP contribution in [-0.2, 0) is 13.7 Å². The highest BCUT2D eigenvalue weighted by atomic mass is 19.1. The predicted molar refractivity (Wildman–Crippen MR) is 103 cm³/mol. The van der Waals surface area contributed by atoms with E-state index in [4.69, 9.17) is 4.74 Å². The molecule has 4 aromatic rings. The van der Waals surface area contributed by atoms with Crippen LogP contribution in [0.3, 0.4) is 0 Å². The number of hydrogen-bond acceptors (Lipinski definition) is 6. The van der Waals surface area contributed by atoms with E-state index in [9.17, 15) is 9.18 Å². The Hall–Kier alpha value is -3.88. The summed E-state index contributed by atoms with van der Waals surface area (Å²) in [6.45, 7) is 2.10. The maximum atomic E-state index is 13.1. The van der Waals surface area contributed by atoms with Crippen LogP contribution < -0.4 is 10.4 Å². The number of tetrazole rings is 1. The average molecular weight is 392 g/mol. The monoisotopic (exact) mass is 392 g/mol. The van der Waals surface area contributed by atoms with E-state index in [1.807, 2.05) is 19.1 Å². The Labute approximate surface area is 165 Å². The highest BCUT2D eigenvalue weighted by Gasteiger charge is 2.14. The van der Waals surface area contributed by atoms with Gasteiger partial charge >= 0.3 is 5.69 Å². The zero-order valence-corrected chi connectivity index (χ0v) is 15.8. The zero-order chi connectivity index (χ0) is 20.4. The molecule has 4 rings (SSSR count). The number of aromatic nitrogens is 6. The minimum absolute atomic E-state index is 0.172. The van der Waals surface area contributed by atoms with E-state index in [2.05, 4.69) is 20.4 Å². The molecule has 9 heteroatoms. The summed E-state index contributed by atoms with van der Waals surface area (Å²) in [6.07, 6.45) is 1.58. The van der Waals surface area contributed by atoms with Gasteiger partial charge in [-0.05, 0) is 53.2 Å². The van der Waals surface area contributed by atoms with Crippen LogP contribution in [0.2, 0.25) is 0 Å². The molecular formula is C20H17FN6O2. The predicted octanol–water partition coefficient (Wildman–Crippen LogP) is 2.45. The molecule has 0 fully saturated rings. The molecule has 29 heavy (non-hydrogen) atoms. The topological polar surface area (TPSA) is 87.7 Å². The van der Waals surface area contributed by atoms with Gasteiger partial charge in [0.25, 0.3) is 0 Å². The first-order valence-corrected chi connectivity index (χ1v) is 8.82. The summed E-state index contributed by atoms with van der Waals surface area (Å²) in [5.41, 5.74) is 2.65. The minimum Gasteiger partial charge on any atom is -0.473 e. The maximum absolute atomic E-state index is 13.1. The third kappa shape index (κ3) is 3.75. The van der Waals surface area contributed by atoms with Crippen molar-refractivity contribution in [2.24, 2.45) is 7.05 Å². The SMILES string of the molecule is Cc1cccc(-n2nnn(C)c2=O)c1COc1ccnc(-c2ccc(F)cc2)n1. The number of halogens is 1. The van der Waals surface area contributed by atoms with Crippen LogP contribution in [0.15, 0.2) is 59.5 Å². The van der Waals surface area contributed by atoms with Crippen molar-refractivity contribution in [3.63, 3.8) is 0 Å². The smallest absolute Gasteiger partial charge is 0.368 e. The van der Waals surface area contributed by atoms with Crippen molar-refractivity contribution >= 4 is 0 Å². The van der Waals surface area contributed by atoms with Crippen LogP contribution in [0.5, 0.6) is 5.88 Å². The van der Waals surface area contributed by atoms with E-state index in [1.54, 1.807) is 30.5 Å². The molecule has 0 atom stereocenters. The first kappa shape index (κ1) is 18.5. The Kier molecular flexibility index (Phi) is 4.86. The zero-order valence-electron chi connectivity index (χ0n) is 15.8. The van der Waals surface area contributed by atoms with Crippen LogP contribution in [0, 0.1) is 12.7 Å². The second kappa shape index (κ2) is 7.63. The van der Waals surface area contributed by atoms with Gasteiger partial charge in [0.1, 0.15) is 12.4 Å². The van der Waals surface area contributed by atoms with Crippen LogP contribution in [0.4, 0.5) is 4.39 Å². The molecule has 0 aliphatic carbocycles. The summed E-state index contributed by atoms with van der Waals surface area (Å²) in [6, 6.07) is 13.1. The van der Waals surface area contributed by atoms with E-state index in [0.29, 0.717) is 23.0 Å². The number of ether oxygens (including phenoxy) is 1.